The van der Waals surface area contributed by atoms with Crippen molar-refractivity contribution < 1.29 is 9.53 Å². The molecule has 0 aliphatic rings. The third-order valence-electron chi connectivity index (χ3n) is 2.80. The molecule has 0 saturated heterocycles. The van der Waals surface area contributed by atoms with Gasteiger partial charge >= 0.3 is 0 Å². The number of hydrogen-bond acceptors (Lipinski definition) is 3. The molecule has 7 heteroatoms. The lowest BCUT2D eigenvalue weighted by Crippen LogP contribution is -2.48. The summed E-state index contributed by atoms with van der Waals surface area (Å²) in [5, 5.41) is 5.38. The second kappa shape index (κ2) is 7.95. The van der Waals surface area contributed by atoms with E-state index in [2.05, 4.69) is 32.1 Å². The highest BCUT2D eigenvalue weighted by molar-refractivity contribution is 9.10. The fraction of sp³-hybridized carbons (Fsp3) is 0.200. The maximum absolute atomic E-state index is 11.6. The van der Waals surface area contributed by atoms with Gasteiger partial charge in [0.15, 0.2) is 11.7 Å². The molecule has 0 saturated carbocycles. The average Bonchev–Trinajstić information content (AvgIpc) is 2.51. The predicted molar refractivity (Wildman–Crippen MR) is 94.7 cm³/mol. The van der Waals surface area contributed by atoms with E-state index in [0.29, 0.717) is 17.4 Å². The van der Waals surface area contributed by atoms with E-state index in [-0.39, 0.29) is 12.5 Å². The molecule has 2 aromatic rings. The van der Waals surface area contributed by atoms with Crippen LogP contribution in [0.2, 0.25) is 0 Å². The number of rotatable bonds is 4. The molecule has 2 rings (SSSR count). The Morgan fingerprint density at radius 1 is 1.18 bits per heavy atom. The maximum Gasteiger partial charge on any atom is 0.276 e. The van der Waals surface area contributed by atoms with Crippen LogP contribution in [0.25, 0.3) is 10.8 Å². The molecule has 5 nitrogen and oxygen atoms in total. The number of halogens is 1. The van der Waals surface area contributed by atoms with Gasteiger partial charge in [-0.3, -0.25) is 15.6 Å². The summed E-state index contributed by atoms with van der Waals surface area (Å²) in [5.74, 6) is 0.329. The van der Waals surface area contributed by atoms with Crippen molar-refractivity contribution in [1.29, 1.82) is 0 Å². The molecule has 0 aliphatic heterocycles. The van der Waals surface area contributed by atoms with Crippen molar-refractivity contribution in [2.24, 2.45) is 0 Å². The summed E-state index contributed by atoms with van der Waals surface area (Å²) in [5.41, 5.74) is 5.05. The quantitative estimate of drug-likeness (QED) is 0.560. The molecule has 22 heavy (non-hydrogen) atoms. The Morgan fingerprint density at radius 2 is 1.91 bits per heavy atom. The lowest BCUT2D eigenvalue weighted by Gasteiger charge is -2.11. The van der Waals surface area contributed by atoms with Crippen LogP contribution in [0.5, 0.6) is 5.75 Å². The first-order valence-corrected chi connectivity index (χ1v) is 7.93. The molecule has 0 unspecified atom stereocenters. The SMILES string of the molecule is CCNC(=S)NNC(=O)COc1ccc2cc(Br)ccc2c1. The van der Waals surface area contributed by atoms with E-state index in [4.69, 9.17) is 17.0 Å². The van der Waals surface area contributed by atoms with Gasteiger partial charge in [-0.1, -0.05) is 28.1 Å². The van der Waals surface area contributed by atoms with Gasteiger partial charge in [-0.15, -0.1) is 0 Å². The summed E-state index contributed by atoms with van der Waals surface area (Å²) < 4.78 is 6.49. The number of thiocarbonyl (C=S) groups is 1. The first kappa shape index (κ1) is 16.5. The van der Waals surface area contributed by atoms with Gasteiger partial charge in [0.25, 0.3) is 5.91 Å². The minimum atomic E-state index is -0.309. The molecule has 3 N–H and O–H groups in total. The highest BCUT2D eigenvalue weighted by atomic mass is 79.9. The van der Waals surface area contributed by atoms with E-state index >= 15 is 0 Å². The van der Waals surface area contributed by atoms with Crippen molar-refractivity contribution in [2.45, 2.75) is 6.92 Å². The minimum absolute atomic E-state index is 0.0935. The molecule has 0 fully saturated rings. The number of fused-ring (bicyclic) bond motifs is 1. The average molecular weight is 382 g/mol. The molecule has 0 heterocycles. The highest BCUT2D eigenvalue weighted by Gasteiger charge is 2.04. The molecule has 1 amide bonds. The van der Waals surface area contributed by atoms with Crippen LogP contribution < -0.4 is 20.9 Å². The number of carbonyl (C=O) groups is 1. The molecule has 0 aromatic heterocycles. The molecular weight excluding hydrogens is 366 g/mol. The topological polar surface area (TPSA) is 62.4 Å². The van der Waals surface area contributed by atoms with Crippen molar-refractivity contribution in [2.75, 3.05) is 13.2 Å². The van der Waals surface area contributed by atoms with Crippen molar-refractivity contribution >= 4 is 49.9 Å². The van der Waals surface area contributed by atoms with E-state index in [1.807, 2.05) is 43.3 Å². The van der Waals surface area contributed by atoms with Crippen LogP contribution in [0, 0.1) is 0 Å². The molecular formula is C15H16BrN3O2S. The fourth-order valence-corrected chi connectivity index (χ4v) is 2.37. The van der Waals surface area contributed by atoms with Gasteiger partial charge < -0.3 is 10.1 Å². The van der Waals surface area contributed by atoms with Gasteiger partial charge in [0.2, 0.25) is 0 Å². The number of ether oxygens (including phenoxy) is 1. The zero-order valence-electron chi connectivity index (χ0n) is 12.0. The lowest BCUT2D eigenvalue weighted by atomic mass is 10.1. The number of benzene rings is 2. The Bertz CT molecular complexity index is 694. The molecule has 0 atom stereocenters. The number of hydrazine groups is 1. The second-order valence-electron chi connectivity index (χ2n) is 4.47. The highest BCUT2D eigenvalue weighted by Crippen LogP contribution is 2.23. The molecule has 0 radical (unpaired) electrons. The van der Waals surface area contributed by atoms with Gasteiger partial charge in [0.1, 0.15) is 5.75 Å². The monoisotopic (exact) mass is 381 g/mol. The van der Waals surface area contributed by atoms with Crippen LogP contribution in [0.1, 0.15) is 6.92 Å². The van der Waals surface area contributed by atoms with Crippen LogP contribution in [-0.4, -0.2) is 24.2 Å². The first-order chi connectivity index (χ1) is 10.6. The van der Waals surface area contributed by atoms with Crippen molar-refractivity contribution in [3.63, 3.8) is 0 Å². The van der Waals surface area contributed by atoms with Gasteiger partial charge in [-0.2, -0.15) is 0 Å². The Kier molecular flexibility index (Phi) is 5.97. The minimum Gasteiger partial charge on any atom is -0.484 e. The summed E-state index contributed by atoms with van der Waals surface area (Å²) in [6.45, 7) is 2.51. The molecule has 0 spiro atoms. The Morgan fingerprint density at radius 3 is 2.68 bits per heavy atom. The van der Waals surface area contributed by atoms with E-state index in [1.54, 1.807) is 0 Å². The van der Waals surface area contributed by atoms with Crippen molar-refractivity contribution in [1.82, 2.24) is 16.2 Å². The van der Waals surface area contributed by atoms with Crippen LogP contribution in [0.3, 0.4) is 0 Å². The largest absolute Gasteiger partial charge is 0.484 e. The van der Waals surface area contributed by atoms with Crippen LogP contribution in [-0.2, 0) is 4.79 Å². The second-order valence-corrected chi connectivity index (χ2v) is 5.80. The maximum atomic E-state index is 11.6. The zero-order chi connectivity index (χ0) is 15.9. The lowest BCUT2D eigenvalue weighted by molar-refractivity contribution is -0.123. The Hall–Kier alpha value is -1.86. The first-order valence-electron chi connectivity index (χ1n) is 6.73. The van der Waals surface area contributed by atoms with Gasteiger partial charge in [0.05, 0.1) is 0 Å². The summed E-state index contributed by atoms with van der Waals surface area (Å²) >= 11 is 8.36. The van der Waals surface area contributed by atoms with Crippen molar-refractivity contribution in [3.05, 3.63) is 40.9 Å². The summed E-state index contributed by atoms with van der Waals surface area (Å²) in [7, 11) is 0. The number of carbonyl (C=O) groups excluding carboxylic acids is 1. The van der Waals surface area contributed by atoms with E-state index in [9.17, 15) is 4.79 Å². The van der Waals surface area contributed by atoms with Gasteiger partial charge in [-0.25, -0.2) is 0 Å². The fourth-order valence-electron chi connectivity index (χ4n) is 1.80. The Labute approximate surface area is 142 Å². The molecule has 0 aliphatic carbocycles. The standard InChI is InChI=1S/C15H16BrN3O2S/c1-2-17-15(22)19-18-14(20)9-21-13-6-4-10-7-12(16)5-3-11(10)8-13/h3-8H,2,9H2,1H3,(H,18,20)(H2,17,19,22). The van der Waals surface area contributed by atoms with Crippen LogP contribution in [0.15, 0.2) is 40.9 Å². The van der Waals surface area contributed by atoms with E-state index < -0.39 is 0 Å². The third kappa shape index (κ3) is 4.85. The summed E-state index contributed by atoms with van der Waals surface area (Å²) in [4.78, 5) is 11.6. The zero-order valence-corrected chi connectivity index (χ0v) is 14.4. The summed E-state index contributed by atoms with van der Waals surface area (Å²) in [6.07, 6.45) is 0. The predicted octanol–water partition coefficient (Wildman–Crippen LogP) is 2.50. The van der Waals surface area contributed by atoms with Crippen molar-refractivity contribution in [3.8, 4) is 5.75 Å². The van der Waals surface area contributed by atoms with E-state index in [1.165, 1.54) is 0 Å². The number of hydrogen-bond donors (Lipinski definition) is 3. The molecule has 0 bridgehead atoms. The van der Waals surface area contributed by atoms with Crippen LogP contribution >= 0.6 is 28.1 Å². The molecule has 116 valence electrons. The summed E-state index contributed by atoms with van der Waals surface area (Å²) in [6, 6.07) is 11.7. The van der Waals surface area contributed by atoms with E-state index in [0.717, 1.165) is 15.2 Å². The van der Waals surface area contributed by atoms with Gasteiger partial charge in [-0.05, 0) is 54.2 Å². The number of nitrogens with one attached hydrogen (secondary N) is 3. The molecule has 2 aromatic carbocycles. The normalized spacial score (nSPS) is 10.1. The smallest absolute Gasteiger partial charge is 0.276 e. The van der Waals surface area contributed by atoms with Crippen LogP contribution in [0.4, 0.5) is 0 Å². The third-order valence-corrected chi connectivity index (χ3v) is 3.54. The van der Waals surface area contributed by atoms with Gasteiger partial charge in [0, 0.05) is 11.0 Å². The number of amides is 1. The Balaban J connectivity index is 1.87.